The fourth-order valence-corrected chi connectivity index (χ4v) is 3.30. The van der Waals surface area contributed by atoms with Gasteiger partial charge in [0.05, 0.1) is 18.6 Å². The van der Waals surface area contributed by atoms with Crippen molar-refractivity contribution in [3.63, 3.8) is 0 Å². The number of nitrogens with zero attached hydrogens (tertiary/aromatic N) is 6. The Labute approximate surface area is 166 Å². The zero-order valence-electron chi connectivity index (χ0n) is 16.0. The molecule has 5 rings (SSSR count). The molecule has 0 bridgehead atoms. The Morgan fingerprint density at radius 2 is 1.86 bits per heavy atom. The minimum atomic E-state index is -0.168. The SMILES string of the molecule is CNc1ccc2nc([C@H](C)Nc3ncc4[nH]cnc4n3)n(-c3ccccc3)c2n1. The predicted octanol–water partition coefficient (Wildman–Crippen LogP) is 3.30. The highest BCUT2D eigenvalue weighted by Crippen LogP contribution is 2.26. The summed E-state index contributed by atoms with van der Waals surface area (Å²) in [5.74, 6) is 2.10. The molecule has 0 spiro atoms. The first-order valence-corrected chi connectivity index (χ1v) is 9.28. The maximum Gasteiger partial charge on any atom is 0.225 e. The highest BCUT2D eigenvalue weighted by molar-refractivity contribution is 5.76. The van der Waals surface area contributed by atoms with E-state index in [0.717, 1.165) is 34.0 Å². The quantitative estimate of drug-likeness (QED) is 0.426. The molecule has 9 heteroatoms. The van der Waals surface area contributed by atoms with Gasteiger partial charge in [-0.2, -0.15) is 4.98 Å². The number of nitrogens with one attached hydrogen (secondary N) is 3. The van der Waals surface area contributed by atoms with Gasteiger partial charge < -0.3 is 15.6 Å². The molecule has 0 aliphatic carbocycles. The lowest BCUT2D eigenvalue weighted by Gasteiger charge is -2.16. The molecule has 4 aromatic heterocycles. The van der Waals surface area contributed by atoms with Crippen LogP contribution in [0.5, 0.6) is 0 Å². The van der Waals surface area contributed by atoms with Crippen LogP contribution in [0.15, 0.2) is 55.0 Å². The van der Waals surface area contributed by atoms with Crippen molar-refractivity contribution >= 4 is 34.1 Å². The molecule has 0 radical (unpaired) electrons. The lowest BCUT2D eigenvalue weighted by molar-refractivity contribution is 0.761. The van der Waals surface area contributed by atoms with E-state index in [-0.39, 0.29) is 6.04 Å². The number of hydrogen-bond acceptors (Lipinski definition) is 7. The van der Waals surface area contributed by atoms with Crippen LogP contribution in [-0.2, 0) is 0 Å². The van der Waals surface area contributed by atoms with Crippen molar-refractivity contribution in [2.45, 2.75) is 13.0 Å². The molecular weight excluding hydrogens is 366 g/mol. The average Bonchev–Trinajstić information content (AvgIpc) is 3.37. The second-order valence-corrected chi connectivity index (χ2v) is 6.63. The molecule has 144 valence electrons. The number of hydrogen-bond donors (Lipinski definition) is 3. The molecule has 29 heavy (non-hydrogen) atoms. The van der Waals surface area contributed by atoms with Crippen LogP contribution in [0.3, 0.4) is 0 Å². The molecule has 4 heterocycles. The molecule has 5 aromatic rings. The lowest BCUT2D eigenvalue weighted by Crippen LogP contribution is -2.15. The van der Waals surface area contributed by atoms with Gasteiger partial charge in [0, 0.05) is 12.7 Å². The topological polar surface area (TPSA) is 109 Å². The molecule has 9 nitrogen and oxygen atoms in total. The predicted molar refractivity (Wildman–Crippen MR) is 112 cm³/mol. The highest BCUT2D eigenvalue weighted by Gasteiger charge is 2.20. The Hall–Kier alpha value is -4.01. The molecule has 0 unspecified atom stereocenters. The van der Waals surface area contributed by atoms with Gasteiger partial charge >= 0.3 is 0 Å². The zero-order chi connectivity index (χ0) is 19.8. The van der Waals surface area contributed by atoms with Gasteiger partial charge in [-0.1, -0.05) is 18.2 Å². The maximum atomic E-state index is 4.85. The summed E-state index contributed by atoms with van der Waals surface area (Å²) < 4.78 is 2.06. The van der Waals surface area contributed by atoms with Crippen molar-refractivity contribution in [2.24, 2.45) is 0 Å². The van der Waals surface area contributed by atoms with Gasteiger partial charge in [-0.25, -0.2) is 19.9 Å². The Morgan fingerprint density at radius 1 is 1.00 bits per heavy atom. The van der Waals surface area contributed by atoms with Crippen LogP contribution < -0.4 is 10.6 Å². The van der Waals surface area contributed by atoms with E-state index < -0.39 is 0 Å². The normalized spacial score (nSPS) is 12.3. The minimum Gasteiger partial charge on any atom is -0.373 e. The summed E-state index contributed by atoms with van der Waals surface area (Å²) in [7, 11) is 1.85. The van der Waals surface area contributed by atoms with E-state index in [2.05, 4.69) is 35.1 Å². The van der Waals surface area contributed by atoms with Crippen molar-refractivity contribution < 1.29 is 0 Å². The summed E-state index contributed by atoms with van der Waals surface area (Å²) in [6, 6.07) is 13.8. The number of fused-ring (bicyclic) bond motifs is 2. The second kappa shape index (κ2) is 6.86. The van der Waals surface area contributed by atoms with Crippen LogP contribution in [0.1, 0.15) is 18.8 Å². The summed E-state index contributed by atoms with van der Waals surface area (Å²) in [6.07, 6.45) is 3.32. The number of anilines is 2. The molecular formula is C20H19N9. The first kappa shape index (κ1) is 17.1. The Kier molecular flexibility index (Phi) is 4.05. The summed E-state index contributed by atoms with van der Waals surface area (Å²) >= 11 is 0. The number of para-hydroxylation sites is 1. The van der Waals surface area contributed by atoms with E-state index in [0.29, 0.717) is 11.6 Å². The van der Waals surface area contributed by atoms with Gasteiger partial charge in [0.2, 0.25) is 5.95 Å². The number of rotatable bonds is 5. The summed E-state index contributed by atoms with van der Waals surface area (Å²) in [6.45, 7) is 2.03. The maximum absolute atomic E-state index is 4.85. The van der Waals surface area contributed by atoms with Crippen molar-refractivity contribution in [3.05, 3.63) is 60.8 Å². The third-order valence-corrected chi connectivity index (χ3v) is 4.71. The summed E-state index contributed by atoms with van der Waals surface area (Å²) in [4.78, 5) is 25.6. The molecule has 0 fully saturated rings. The van der Waals surface area contributed by atoms with Crippen LogP contribution in [0.4, 0.5) is 11.8 Å². The Balaban J connectivity index is 1.61. The number of imidazole rings is 2. The van der Waals surface area contributed by atoms with Crippen molar-refractivity contribution in [1.82, 2.24) is 34.5 Å². The van der Waals surface area contributed by atoms with Gasteiger partial charge in [0.15, 0.2) is 11.3 Å². The van der Waals surface area contributed by atoms with Crippen LogP contribution in [0.25, 0.3) is 28.0 Å². The van der Waals surface area contributed by atoms with Crippen LogP contribution >= 0.6 is 0 Å². The first-order chi connectivity index (χ1) is 14.2. The van der Waals surface area contributed by atoms with Gasteiger partial charge in [-0.05, 0) is 31.2 Å². The number of benzene rings is 1. The fraction of sp³-hybridized carbons (Fsp3) is 0.150. The molecule has 1 aromatic carbocycles. The molecule has 3 N–H and O–H groups in total. The average molecular weight is 385 g/mol. The van der Waals surface area contributed by atoms with E-state index in [1.54, 1.807) is 12.5 Å². The standard InChI is InChI=1S/C20H19N9/c1-12(25-20-22-10-15-17(28-20)24-11-23-15)18-26-14-8-9-16(21-2)27-19(14)29(18)13-6-4-3-5-7-13/h3-12H,1-2H3,(H,21,27)(H2,22,23,24,25,28)/t12-/m0/s1. The third-order valence-electron chi connectivity index (χ3n) is 4.71. The van der Waals surface area contributed by atoms with Gasteiger partial charge in [-0.3, -0.25) is 4.57 Å². The van der Waals surface area contributed by atoms with E-state index in [9.17, 15) is 0 Å². The number of aromatic nitrogens is 7. The number of aromatic amines is 1. The fourth-order valence-electron chi connectivity index (χ4n) is 3.30. The Morgan fingerprint density at radius 3 is 2.69 bits per heavy atom. The van der Waals surface area contributed by atoms with Crippen LogP contribution in [0.2, 0.25) is 0 Å². The third kappa shape index (κ3) is 3.02. The monoisotopic (exact) mass is 385 g/mol. The molecule has 0 aliphatic heterocycles. The number of H-pyrrole nitrogens is 1. The van der Waals surface area contributed by atoms with E-state index in [4.69, 9.17) is 9.97 Å². The summed E-state index contributed by atoms with van der Waals surface area (Å²) in [5.41, 5.74) is 4.01. The van der Waals surface area contributed by atoms with Gasteiger partial charge in [0.1, 0.15) is 22.7 Å². The Bertz CT molecular complexity index is 1290. The molecule has 0 saturated carbocycles. The highest BCUT2D eigenvalue weighted by atomic mass is 15.2. The van der Waals surface area contributed by atoms with E-state index in [1.807, 2.05) is 56.4 Å². The van der Waals surface area contributed by atoms with Gasteiger partial charge in [0.25, 0.3) is 0 Å². The smallest absolute Gasteiger partial charge is 0.225 e. The first-order valence-electron chi connectivity index (χ1n) is 9.28. The zero-order valence-corrected chi connectivity index (χ0v) is 16.0. The van der Waals surface area contributed by atoms with E-state index in [1.165, 1.54) is 0 Å². The van der Waals surface area contributed by atoms with Crippen LogP contribution in [-0.4, -0.2) is 41.5 Å². The van der Waals surface area contributed by atoms with Crippen molar-refractivity contribution in [1.29, 1.82) is 0 Å². The summed E-state index contributed by atoms with van der Waals surface area (Å²) in [5, 5.41) is 6.43. The largest absolute Gasteiger partial charge is 0.373 e. The second-order valence-electron chi connectivity index (χ2n) is 6.63. The van der Waals surface area contributed by atoms with Crippen molar-refractivity contribution in [2.75, 3.05) is 17.7 Å². The molecule has 0 aliphatic rings. The molecule has 0 amide bonds. The lowest BCUT2D eigenvalue weighted by atomic mass is 10.2. The molecule has 0 saturated heterocycles. The van der Waals surface area contributed by atoms with Gasteiger partial charge in [-0.15, -0.1) is 0 Å². The number of pyridine rings is 1. The van der Waals surface area contributed by atoms with Crippen molar-refractivity contribution in [3.8, 4) is 5.69 Å². The minimum absolute atomic E-state index is 0.168. The van der Waals surface area contributed by atoms with E-state index >= 15 is 0 Å². The van der Waals surface area contributed by atoms with Crippen LogP contribution in [0, 0.1) is 0 Å². The molecule has 1 atom stereocenters.